The van der Waals surface area contributed by atoms with E-state index in [4.69, 9.17) is 14.6 Å². The molecule has 0 unspecified atom stereocenters. The summed E-state index contributed by atoms with van der Waals surface area (Å²) in [4.78, 5) is 1.61. The third kappa shape index (κ3) is 2.69. The standard InChI is InChI=1S/C10H8N2O6S2/c11-12-7-2-1-6-3-8(19(13,14)15)5-10(9(6)4-7)20(16,17)18/h1-3,5H,4H2,(H,13,14,15)(H,16,17,18). The van der Waals surface area contributed by atoms with Crippen molar-refractivity contribution < 1.29 is 30.7 Å². The van der Waals surface area contributed by atoms with Gasteiger partial charge in [-0.15, -0.1) is 0 Å². The third-order valence-corrected chi connectivity index (χ3v) is 4.49. The topological polar surface area (TPSA) is 145 Å². The lowest BCUT2D eigenvalue weighted by atomic mass is 9.96. The highest BCUT2D eigenvalue weighted by Crippen LogP contribution is 2.28. The molecule has 0 atom stereocenters. The molecule has 10 heteroatoms. The highest BCUT2D eigenvalue weighted by molar-refractivity contribution is 7.86. The minimum absolute atomic E-state index is 0.0789. The van der Waals surface area contributed by atoms with Crippen LogP contribution in [0.1, 0.15) is 11.1 Å². The molecule has 2 N–H and O–H groups in total. The lowest BCUT2D eigenvalue weighted by molar-refractivity contribution is -0.00558. The molecular weight excluding hydrogens is 308 g/mol. The van der Waals surface area contributed by atoms with E-state index in [-0.39, 0.29) is 23.3 Å². The van der Waals surface area contributed by atoms with Gasteiger partial charge in [-0.25, -0.2) is 0 Å². The van der Waals surface area contributed by atoms with Gasteiger partial charge in [-0.2, -0.15) is 21.6 Å². The molecule has 0 fully saturated rings. The van der Waals surface area contributed by atoms with Gasteiger partial charge in [0.2, 0.25) is 0 Å². The van der Waals surface area contributed by atoms with Crippen LogP contribution >= 0.6 is 0 Å². The Kier molecular flexibility index (Phi) is 3.36. The molecule has 106 valence electrons. The van der Waals surface area contributed by atoms with Crippen LogP contribution in [0.5, 0.6) is 0 Å². The van der Waals surface area contributed by atoms with Crippen LogP contribution in [-0.2, 0) is 26.7 Å². The van der Waals surface area contributed by atoms with Crippen LogP contribution < -0.4 is 0 Å². The summed E-state index contributed by atoms with van der Waals surface area (Å²) in [5.41, 5.74) is 9.08. The zero-order chi connectivity index (χ0) is 15.1. The van der Waals surface area contributed by atoms with E-state index >= 15 is 0 Å². The molecule has 1 aliphatic rings. The summed E-state index contributed by atoms with van der Waals surface area (Å²) in [6, 6.07) is 1.71. The second kappa shape index (κ2) is 4.62. The molecule has 0 aromatic heterocycles. The van der Waals surface area contributed by atoms with E-state index < -0.39 is 30.0 Å². The number of nitrogens with zero attached hydrogens (tertiary/aromatic N) is 2. The second-order valence-corrected chi connectivity index (χ2v) is 6.85. The smallest absolute Gasteiger partial charge is 0.296 e. The summed E-state index contributed by atoms with van der Waals surface area (Å²) in [5, 5.41) is 0. The first-order chi connectivity index (χ1) is 9.13. The van der Waals surface area contributed by atoms with E-state index in [1.807, 2.05) is 0 Å². The molecule has 0 saturated heterocycles. The average Bonchev–Trinajstić information content (AvgIpc) is 2.34. The molecule has 2 rings (SSSR count). The van der Waals surface area contributed by atoms with Crippen LogP contribution in [0.2, 0.25) is 0 Å². The van der Waals surface area contributed by atoms with Gasteiger partial charge in [0.05, 0.1) is 16.2 Å². The second-order valence-electron chi connectivity index (χ2n) is 4.04. The minimum Gasteiger partial charge on any atom is -0.361 e. The maximum Gasteiger partial charge on any atom is 0.296 e. The number of fused-ring (bicyclic) bond motifs is 1. The van der Waals surface area contributed by atoms with Gasteiger partial charge in [-0.3, -0.25) is 9.11 Å². The first-order valence-corrected chi connectivity index (χ1v) is 8.02. The summed E-state index contributed by atoms with van der Waals surface area (Å²) in [6.07, 6.45) is 2.56. The summed E-state index contributed by atoms with van der Waals surface area (Å²) in [7, 11) is -9.33. The highest BCUT2D eigenvalue weighted by atomic mass is 32.2. The number of hydrogen-bond donors (Lipinski definition) is 2. The van der Waals surface area contributed by atoms with Gasteiger partial charge in [0.1, 0.15) is 0 Å². The van der Waals surface area contributed by atoms with E-state index in [2.05, 4.69) is 4.79 Å². The molecule has 0 saturated carbocycles. The quantitative estimate of drug-likeness (QED) is 0.459. The van der Waals surface area contributed by atoms with Crippen LogP contribution in [0.4, 0.5) is 0 Å². The molecule has 0 aliphatic heterocycles. The lowest BCUT2D eigenvalue weighted by Crippen LogP contribution is -2.14. The molecule has 1 aromatic carbocycles. The molecule has 1 aromatic rings. The van der Waals surface area contributed by atoms with E-state index in [1.165, 1.54) is 12.2 Å². The van der Waals surface area contributed by atoms with Crippen molar-refractivity contribution in [3.63, 3.8) is 0 Å². The summed E-state index contributed by atoms with van der Waals surface area (Å²) >= 11 is 0. The predicted octanol–water partition coefficient (Wildman–Crippen LogP) is 0.420. The van der Waals surface area contributed by atoms with Crippen molar-refractivity contribution in [2.75, 3.05) is 0 Å². The lowest BCUT2D eigenvalue weighted by Gasteiger charge is -2.13. The van der Waals surface area contributed by atoms with Crippen molar-refractivity contribution in [1.29, 1.82) is 0 Å². The Morgan fingerprint density at radius 2 is 1.70 bits per heavy atom. The van der Waals surface area contributed by atoms with Crippen molar-refractivity contribution in [1.82, 2.24) is 0 Å². The van der Waals surface area contributed by atoms with Gasteiger partial charge in [-0.1, -0.05) is 0 Å². The van der Waals surface area contributed by atoms with E-state index in [1.54, 1.807) is 0 Å². The van der Waals surface area contributed by atoms with E-state index in [0.717, 1.165) is 6.07 Å². The fourth-order valence-electron chi connectivity index (χ4n) is 1.85. The van der Waals surface area contributed by atoms with Crippen LogP contribution in [0, 0.1) is 0 Å². The fourth-order valence-corrected chi connectivity index (χ4v) is 3.25. The van der Waals surface area contributed by atoms with Gasteiger partial charge in [0, 0.05) is 6.08 Å². The number of allylic oxidation sites excluding steroid dienone is 1. The molecule has 0 bridgehead atoms. The number of hydrogen-bond acceptors (Lipinski definition) is 4. The summed E-state index contributed by atoms with van der Waals surface area (Å²) < 4.78 is 63.0. The fraction of sp³-hybridized carbons (Fsp3) is 0.100. The molecule has 0 amide bonds. The normalized spacial score (nSPS) is 14.8. The molecule has 0 radical (unpaired) electrons. The van der Waals surface area contributed by atoms with Crippen LogP contribution in [-0.4, -0.2) is 36.4 Å². The van der Waals surface area contributed by atoms with Gasteiger partial charge < -0.3 is 5.53 Å². The van der Waals surface area contributed by atoms with Gasteiger partial charge >= 0.3 is 0 Å². The molecule has 0 spiro atoms. The van der Waals surface area contributed by atoms with Crippen LogP contribution in [0.3, 0.4) is 0 Å². The zero-order valence-corrected chi connectivity index (χ0v) is 11.4. The molecule has 0 heterocycles. The number of benzene rings is 1. The Morgan fingerprint density at radius 3 is 2.20 bits per heavy atom. The largest absolute Gasteiger partial charge is 0.361 e. The van der Waals surface area contributed by atoms with Crippen molar-refractivity contribution in [3.05, 3.63) is 34.9 Å². The molecule has 8 nitrogen and oxygen atoms in total. The van der Waals surface area contributed by atoms with Crippen molar-refractivity contribution in [2.24, 2.45) is 0 Å². The van der Waals surface area contributed by atoms with Gasteiger partial charge in [0.25, 0.3) is 25.9 Å². The Balaban J connectivity index is 2.87. The Bertz CT molecular complexity index is 877. The monoisotopic (exact) mass is 316 g/mol. The Labute approximate surface area is 114 Å². The van der Waals surface area contributed by atoms with Crippen molar-refractivity contribution in [2.45, 2.75) is 16.2 Å². The maximum atomic E-state index is 11.3. The average molecular weight is 316 g/mol. The van der Waals surface area contributed by atoms with Gasteiger partial charge in [0.15, 0.2) is 0 Å². The molecule has 20 heavy (non-hydrogen) atoms. The maximum absolute atomic E-state index is 11.3. The van der Waals surface area contributed by atoms with Crippen LogP contribution in [0.15, 0.2) is 28.0 Å². The predicted molar refractivity (Wildman–Crippen MR) is 67.4 cm³/mol. The molecular formula is C10H8N2O6S2. The van der Waals surface area contributed by atoms with Crippen LogP contribution in [0.25, 0.3) is 11.6 Å². The Morgan fingerprint density at radius 1 is 1.05 bits per heavy atom. The minimum atomic E-state index is -4.70. The SMILES string of the molecule is [N-]=[N+]=C1C=Cc2cc(S(=O)(=O)O)cc(S(=O)(=O)O)c2C1. The number of rotatable bonds is 2. The summed E-state index contributed by atoms with van der Waals surface area (Å²) in [5.74, 6) is 0. The van der Waals surface area contributed by atoms with E-state index in [0.29, 0.717) is 6.07 Å². The van der Waals surface area contributed by atoms with Gasteiger partial charge in [-0.05, 0) is 29.3 Å². The van der Waals surface area contributed by atoms with Crippen molar-refractivity contribution in [3.8, 4) is 0 Å². The summed E-state index contributed by atoms with van der Waals surface area (Å²) in [6.45, 7) is 0. The first kappa shape index (κ1) is 14.6. The first-order valence-electron chi connectivity index (χ1n) is 5.14. The third-order valence-electron chi connectivity index (χ3n) is 2.73. The Hall–Kier alpha value is -1.84. The molecule has 1 aliphatic carbocycles. The highest BCUT2D eigenvalue weighted by Gasteiger charge is 2.27. The van der Waals surface area contributed by atoms with Crippen molar-refractivity contribution >= 4 is 32.0 Å². The van der Waals surface area contributed by atoms with E-state index in [9.17, 15) is 16.8 Å². The zero-order valence-electron chi connectivity index (χ0n) is 9.75.